The van der Waals surface area contributed by atoms with Crippen molar-refractivity contribution in [3.63, 3.8) is 0 Å². The fourth-order valence-electron chi connectivity index (χ4n) is 3.04. The highest BCUT2D eigenvalue weighted by Crippen LogP contribution is 2.23. The van der Waals surface area contributed by atoms with Crippen molar-refractivity contribution in [2.24, 2.45) is 5.92 Å². The Morgan fingerprint density at radius 1 is 1.20 bits per heavy atom. The van der Waals surface area contributed by atoms with E-state index >= 15 is 0 Å². The van der Waals surface area contributed by atoms with Crippen LogP contribution in [0.4, 0.5) is 4.79 Å². The molecule has 4 amide bonds. The predicted octanol–water partition coefficient (Wildman–Crippen LogP) is 2.22. The van der Waals surface area contributed by atoms with Crippen LogP contribution >= 0.6 is 0 Å². The van der Waals surface area contributed by atoms with Crippen LogP contribution in [0.15, 0.2) is 30.3 Å². The molecule has 6 heteroatoms. The van der Waals surface area contributed by atoms with Crippen LogP contribution < -0.4 is 5.32 Å². The summed E-state index contributed by atoms with van der Waals surface area (Å²) in [5.41, 5.74) is 1.22. The molecule has 1 N–H and O–H groups in total. The van der Waals surface area contributed by atoms with Crippen LogP contribution in [0.1, 0.15) is 38.2 Å². The fourth-order valence-corrected chi connectivity index (χ4v) is 3.04. The number of likely N-dealkylation sites (N-methyl/N-ethyl adjacent to an activating group) is 1. The minimum absolute atomic E-state index is 0.0472. The Kier molecular flexibility index (Phi) is 6.56. The lowest BCUT2D eigenvalue weighted by atomic mass is 9.88. The van der Waals surface area contributed by atoms with Gasteiger partial charge < -0.3 is 10.2 Å². The molecule has 0 aliphatic carbocycles. The summed E-state index contributed by atoms with van der Waals surface area (Å²) < 4.78 is 0. The summed E-state index contributed by atoms with van der Waals surface area (Å²) in [5.74, 6) is 0.435. The van der Waals surface area contributed by atoms with Gasteiger partial charge in [0, 0.05) is 32.5 Å². The average molecular weight is 345 g/mol. The van der Waals surface area contributed by atoms with Crippen LogP contribution in [-0.2, 0) is 9.59 Å². The Morgan fingerprint density at radius 3 is 2.44 bits per heavy atom. The van der Waals surface area contributed by atoms with Gasteiger partial charge in [0.25, 0.3) is 0 Å². The monoisotopic (exact) mass is 345 g/mol. The molecule has 1 unspecified atom stereocenters. The zero-order valence-electron chi connectivity index (χ0n) is 15.2. The number of carbonyl (C=O) groups excluding carboxylic acids is 3. The Bertz CT molecular complexity index is 616. The molecule has 1 aliphatic heterocycles. The minimum Gasteiger partial charge on any atom is -0.355 e. The molecule has 0 aromatic heterocycles. The van der Waals surface area contributed by atoms with E-state index in [1.807, 2.05) is 18.2 Å². The van der Waals surface area contributed by atoms with Gasteiger partial charge >= 0.3 is 6.03 Å². The number of nitrogens with one attached hydrogen (secondary N) is 1. The van der Waals surface area contributed by atoms with Crippen LogP contribution in [0.3, 0.4) is 0 Å². The van der Waals surface area contributed by atoms with E-state index in [0.29, 0.717) is 31.8 Å². The SMILES string of the molecule is CC(C)C(CNC(=O)CCCN1C(=O)CN(C)C1=O)c1ccccc1. The third kappa shape index (κ3) is 5.05. The van der Waals surface area contributed by atoms with Crippen LogP contribution in [-0.4, -0.2) is 54.3 Å². The predicted molar refractivity (Wildman–Crippen MR) is 96.0 cm³/mol. The summed E-state index contributed by atoms with van der Waals surface area (Å²) in [4.78, 5) is 38.1. The molecule has 1 aliphatic rings. The second-order valence-corrected chi connectivity index (χ2v) is 6.85. The second kappa shape index (κ2) is 8.65. The van der Waals surface area contributed by atoms with E-state index in [1.54, 1.807) is 7.05 Å². The van der Waals surface area contributed by atoms with Gasteiger partial charge in [-0.05, 0) is 17.9 Å². The molecule has 1 aromatic rings. The molecule has 1 heterocycles. The quantitative estimate of drug-likeness (QED) is 0.735. The number of imide groups is 1. The third-order valence-corrected chi connectivity index (χ3v) is 4.57. The van der Waals surface area contributed by atoms with Crippen molar-refractivity contribution in [1.82, 2.24) is 15.1 Å². The summed E-state index contributed by atoms with van der Waals surface area (Å²) in [6.45, 7) is 5.29. The Morgan fingerprint density at radius 2 is 1.88 bits per heavy atom. The van der Waals surface area contributed by atoms with E-state index in [2.05, 4.69) is 31.3 Å². The molecule has 0 bridgehead atoms. The van der Waals surface area contributed by atoms with Gasteiger partial charge in [-0.2, -0.15) is 0 Å². The fraction of sp³-hybridized carbons (Fsp3) is 0.526. The number of carbonyl (C=O) groups is 3. The van der Waals surface area contributed by atoms with E-state index in [9.17, 15) is 14.4 Å². The van der Waals surface area contributed by atoms with E-state index in [-0.39, 0.29) is 30.3 Å². The maximum Gasteiger partial charge on any atom is 0.326 e. The number of hydrogen-bond donors (Lipinski definition) is 1. The molecular weight excluding hydrogens is 318 g/mol. The zero-order valence-corrected chi connectivity index (χ0v) is 15.2. The van der Waals surface area contributed by atoms with Gasteiger partial charge in [0.1, 0.15) is 6.54 Å². The van der Waals surface area contributed by atoms with Gasteiger partial charge in [-0.15, -0.1) is 0 Å². The van der Waals surface area contributed by atoms with Crippen molar-refractivity contribution in [2.75, 3.05) is 26.7 Å². The number of amides is 4. The Balaban J connectivity index is 1.76. The molecule has 1 saturated heterocycles. The first-order chi connectivity index (χ1) is 11.9. The van der Waals surface area contributed by atoms with E-state index in [4.69, 9.17) is 0 Å². The highest BCUT2D eigenvalue weighted by Gasteiger charge is 2.32. The van der Waals surface area contributed by atoms with Crippen molar-refractivity contribution in [3.05, 3.63) is 35.9 Å². The maximum atomic E-state index is 12.1. The van der Waals surface area contributed by atoms with Crippen LogP contribution in [0.5, 0.6) is 0 Å². The summed E-state index contributed by atoms with van der Waals surface area (Å²) in [6, 6.07) is 9.88. The van der Waals surface area contributed by atoms with Gasteiger partial charge in [0.2, 0.25) is 11.8 Å². The van der Waals surface area contributed by atoms with Gasteiger partial charge in [0.15, 0.2) is 0 Å². The van der Waals surface area contributed by atoms with Gasteiger partial charge in [-0.1, -0.05) is 44.2 Å². The standard InChI is InChI=1S/C19H27N3O3/c1-14(2)16(15-8-5-4-6-9-15)12-20-17(23)10-7-11-22-18(24)13-21(3)19(22)25/h4-6,8-9,14,16H,7,10-13H2,1-3H3,(H,20,23). The normalized spacial score (nSPS) is 15.8. The van der Waals surface area contributed by atoms with Crippen molar-refractivity contribution in [1.29, 1.82) is 0 Å². The maximum absolute atomic E-state index is 12.1. The van der Waals surface area contributed by atoms with Crippen molar-refractivity contribution in [3.8, 4) is 0 Å². The van der Waals surface area contributed by atoms with Crippen molar-refractivity contribution < 1.29 is 14.4 Å². The molecule has 25 heavy (non-hydrogen) atoms. The molecule has 0 saturated carbocycles. The molecule has 2 rings (SSSR count). The van der Waals surface area contributed by atoms with Crippen molar-refractivity contribution >= 4 is 17.8 Å². The smallest absolute Gasteiger partial charge is 0.326 e. The van der Waals surface area contributed by atoms with E-state index in [1.165, 1.54) is 15.4 Å². The number of hydrogen-bond acceptors (Lipinski definition) is 3. The zero-order chi connectivity index (χ0) is 18.4. The largest absolute Gasteiger partial charge is 0.355 e. The first-order valence-electron chi connectivity index (χ1n) is 8.77. The van der Waals surface area contributed by atoms with E-state index < -0.39 is 0 Å². The summed E-state index contributed by atoms with van der Waals surface area (Å²) in [6.07, 6.45) is 0.787. The highest BCUT2D eigenvalue weighted by molar-refractivity contribution is 6.01. The molecule has 0 radical (unpaired) electrons. The molecule has 1 fully saturated rings. The lowest BCUT2D eigenvalue weighted by molar-refractivity contribution is -0.126. The molecule has 136 valence electrons. The van der Waals surface area contributed by atoms with Gasteiger partial charge in [0.05, 0.1) is 0 Å². The first kappa shape index (κ1) is 19.0. The first-order valence-corrected chi connectivity index (χ1v) is 8.77. The molecule has 1 atom stereocenters. The second-order valence-electron chi connectivity index (χ2n) is 6.85. The third-order valence-electron chi connectivity index (χ3n) is 4.57. The number of benzene rings is 1. The lowest BCUT2D eigenvalue weighted by Gasteiger charge is -2.22. The minimum atomic E-state index is -0.283. The average Bonchev–Trinajstić information content (AvgIpc) is 2.82. The Hall–Kier alpha value is -2.37. The summed E-state index contributed by atoms with van der Waals surface area (Å²) >= 11 is 0. The van der Waals surface area contributed by atoms with Crippen molar-refractivity contribution in [2.45, 2.75) is 32.6 Å². The summed E-state index contributed by atoms with van der Waals surface area (Å²) in [7, 11) is 1.60. The van der Waals surface area contributed by atoms with Gasteiger partial charge in [-0.25, -0.2) is 4.79 Å². The van der Waals surface area contributed by atoms with Crippen LogP contribution in [0.25, 0.3) is 0 Å². The molecule has 1 aromatic carbocycles. The van der Waals surface area contributed by atoms with Gasteiger partial charge in [-0.3, -0.25) is 14.5 Å². The number of urea groups is 1. The van der Waals surface area contributed by atoms with Crippen LogP contribution in [0, 0.1) is 5.92 Å². The summed E-state index contributed by atoms with van der Waals surface area (Å²) in [5, 5.41) is 2.98. The number of rotatable bonds is 8. The van der Waals surface area contributed by atoms with E-state index in [0.717, 1.165) is 0 Å². The molecule has 6 nitrogen and oxygen atoms in total. The number of nitrogens with zero attached hydrogens (tertiary/aromatic N) is 2. The lowest BCUT2D eigenvalue weighted by Crippen LogP contribution is -2.34. The molecular formula is C19H27N3O3. The van der Waals surface area contributed by atoms with Crippen LogP contribution in [0.2, 0.25) is 0 Å². The Labute approximate surface area is 149 Å². The highest BCUT2D eigenvalue weighted by atomic mass is 16.2. The topological polar surface area (TPSA) is 69.7 Å². The molecule has 0 spiro atoms.